The first-order chi connectivity index (χ1) is 7.20. The summed E-state index contributed by atoms with van der Waals surface area (Å²) in [4.78, 5) is 11.0. The van der Waals surface area contributed by atoms with Crippen LogP contribution in [0.1, 0.15) is 6.92 Å². The highest BCUT2D eigenvalue weighted by Gasteiger charge is 2.36. The predicted octanol–water partition coefficient (Wildman–Crippen LogP) is 1.63. The van der Waals surface area contributed by atoms with Crippen molar-refractivity contribution in [1.29, 1.82) is 0 Å². The van der Waals surface area contributed by atoms with E-state index in [1.165, 1.54) is 4.68 Å². The summed E-state index contributed by atoms with van der Waals surface area (Å²) in [6, 6.07) is 8.70. The van der Waals surface area contributed by atoms with Crippen LogP contribution in [-0.2, 0) is 4.79 Å². The van der Waals surface area contributed by atoms with Gasteiger partial charge in [-0.15, -0.1) is 0 Å². The SMILES string of the molecule is CC1N=N[N+](c2ccccc2)=C1C(=O)O. The summed E-state index contributed by atoms with van der Waals surface area (Å²) in [6.45, 7) is 1.70. The zero-order chi connectivity index (χ0) is 10.8. The summed E-state index contributed by atoms with van der Waals surface area (Å²) in [7, 11) is 0. The number of para-hydroxylation sites is 1. The molecule has 15 heavy (non-hydrogen) atoms. The number of carboxylic acid groups (broad SMARTS) is 1. The average molecular weight is 204 g/mol. The van der Waals surface area contributed by atoms with Crippen LogP contribution in [0.2, 0.25) is 0 Å². The standard InChI is InChI=1S/C10H9N3O2/c1-7-9(10(14)15)13(12-11-7)8-5-3-2-4-6-8/h2-7H,1H3/p+1. The molecule has 1 atom stereocenters. The molecule has 0 amide bonds. The molecule has 1 aliphatic heterocycles. The molecule has 76 valence electrons. The largest absolute Gasteiger partial charge is 0.475 e. The smallest absolute Gasteiger partial charge is 0.379 e. The lowest BCUT2D eigenvalue weighted by Crippen LogP contribution is -2.27. The molecule has 1 N–H and O–H groups in total. The number of nitrogens with zero attached hydrogens (tertiary/aromatic N) is 3. The fourth-order valence-electron chi connectivity index (χ4n) is 1.44. The van der Waals surface area contributed by atoms with Crippen LogP contribution in [0.25, 0.3) is 0 Å². The Bertz CT molecular complexity index is 451. The van der Waals surface area contributed by atoms with E-state index in [0.717, 1.165) is 0 Å². The Balaban J connectivity index is 2.52. The monoisotopic (exact) mass is 204 g/mol. The van der Waals surface area contributed by atoms with Gasteiger partial charge in [-0.1, -0.05) is 22.9 Å². The quantitative estimate of drug-likeness (QED) is 0.744. The van der Waals surface area contributed by atoms with Crippen molar-refractivity contribution in [2.45, 2.75) is 13.0 Å². The Morgan fingerprint density at radius 2 is 2.07 bits per heavy atom. The zero-order valence-corrected chi connectivity index (χ0v) is 8.16. The summed E-state index contributed by atoms with van der Waals surface area (Å²) < 4.78 is 1.35. The first-order valence-corrected chi connectivity index (χ1v) is 4.56. The Kier molecular flexibility index (Phi) is 2.29. The second kappa shape index (κ2) is 3.61. The number of aliphatic carboxylic acids is 1. The van der Waals surface area contributed by atoms with Gasteiger partial charge in [-0.2, -0.15) is 0 Å². The van der Waals surface area contributed by atoms with Gasteiger partial charge >= 0.3 is 5.97 Å². The molecular weight excluding hydrogens is 194 g/mol. The number of benzene rings is 1. The van der Waals surface area contributed by atoms with E-state index in [1.54, 1.807) is 19.1 Å². The Hall–Kier alpha value is -2.04. The van der Waals surface area contributed by atoms with E-state index >= 15 is 0 Å². The molecule has 2 rings (SSSR count). The first-order valence-electron chi connectivity index (χ1n) is 4.56. The minimum absolute atomic E-state index is 0.182. The van der Waals surface area contributed by atoms with Crippen molar-refractivity contribution in [3.05, 3.63) is 30.3 Å². The van der Waals surface area contributed by atoms with Crippen LogP contribution in [0.4, 0.5) is 5.69 Å². The van der Waals surface area contributed by atoms with Crippen molar-refractivity contribution >= 4 is 17.4 Å². The van der Waals surface area contributed by atoms with Crippen LogP contribution in [0.15, 0.2) is 40.7 Å². The third-order valence-corrected chi connectivity index (χ3v) is 2.16. The molecule has 0 aliphatic carbocycles. The van der Waals surface area contributed by atoms with E-state index in [2.05, 4.69) is 10.3 Å². The molecule has 1 aromatic carbocycles. The lowest BCUT2D eigenvalue weighted by Gasteiger charge is -1.97. The molecule has 0 saturated carbocycles. The molecule has 1 aliphatic rings. The first kappa shape index (κ1) is 9.51. The lowest BCUT2D eigenvalue weighted by molar-refractivity contribution is -0.448. The summed E-state index contributed by atoms with van der Waals surface area (Å²) >= 11 is 0. The maximum absolute atomic E-state index is 11.0. The lowest BCUT2D eigenvalue weighted by atomic mass is 10.2. The minimum Gasteiger partial charge on any atom is -0.475 e. The Labute approximate surface area is 86.4 Å². The van der Waals surface area contributed by atoms with Crippen LogP contribution in [0, 0.1) is 0 Å². The van der Waals surface area contributed by atoms with Crippen molar-refractivity contribution in [2.24, 2.45) is 10.3 Å². The maximum atomic E-state index is 11.0. The number of hydrogen-bond acceptors (Lipinski definition) is 3. The molecule has 0 bridgehead atoms. The van der Waals surface area contributed by atoms with Gasteiger partial charge in [0.05, 0.1) is 0 Å². The van der Waals surface area contributed by atoms with Crippen molar-refractivity contribution in [3.63, 3.8) is 0 Å². The van der Waals surface area contributed by atoms with Crippen LogP contribution in [-0.4, -0.2) is 27.5 Å². The molecule has 0 aromatic heterocycles. The van der Waals surface area contributed by atoms with E-state index < -0.39 is 12.0 Å². The van der Waals surface area contributed by atoms with Gasteiger partial charge < -0.3 is 5.11 Å². The fraction of sp³-hybridized carbons (Fsp3) is 0.200. The summed E-state index contributed by atoms with van der Waals surface area (Å²) in [6.07, 6.45) is 0. The summed E-state index contributed by atoms with van der Waals surface area (Å²) in [5, 5.41) is 16.7. The van der Waals surface area contributed by atoms with Gasteiger partial charge in [-0.25, -0.2) is 4.79 Å². The van der Waals surface area contributed by atoms with Gasteiger partial charge in [0, 0.05) is 5.11 Å². The van der Waals surface area contributed by atoms with Crippen LogP contribution in [0.3, 0.4) is 0 Å². The molecule has 0 radical (unpaired) electrons. The number of carbonyl (C=O) groups is 1. The van der Waals surface area contributed by atoms with Gasteiger partial charge in [0.2, 0.25) is 6.04 Å². The van der Waals surface area contributed by atoms with Crippen molar-refractivity contribution in [2.75, 3.05) is 0 Å². The third kappa shape index (κ3) is 1.63. The molecule has 5 heteroatoms. The number of hydrogen-bond donors (Lipinski definition) is 1. The third-order valence-electron chi connectivity index (χ3n) is 2.16. The van der Waals surface area contributed by atoms with Gasteiger partial charge in [0.1, 0.15) is 5.22 Å². The molecule has 0 saturated heterocycles. The van der Waals surface area contributed by atoms with E-state index in [4.69, 9.17) is 5.11 Å². The van der Waals surface area contributed by atoms with Gasteiger partial charge in [0.25, 0.3) is 5.71 Å². The highest BCUT2D eigenvalue weighted by atomic mass is 16.4. The normalized spacial score (nSPS) is 19.7. The number of carboxylic acids is 1. The minimum atomic E-state index is -0.989. The highest BCUT2D eigenvalue weighted by Crippen LogP contribution is 2.17. The van der Waals surface area contributed by atoms with Gasteiger partial charge in [-0.3, -0.25) is 0 Å². The molecular formula is C10H10N3O2+. The van der Waals surface area contributed by atoms with E-state index in [0.29, 0.717) is 5.69 Å². The molecule has 1 unspecified atom stereocenters. The van der Waals surface area contributed by atoms with Gasteiger partial charge in [-0.05, 0) is 19.1 Å². The average Bonchev–Trinajstić information content (AvgIpc) is 2.61. The van der Waals surface area contributed by atoms with E-state index in [1.807, 2.05) is 18.2 Å². The van der Waals surface area contributed by atoms with Crippen LogP contribution in [0.5, 0.6) is 0 Å². The molecule has 1 aromatic rings. The fourth-order valence-corrected chi connectivity index (χ4v) is 1.44. The molecule has 0 spiro atoms. The van der Waals surface area contributed by atoms with Gasteiger partial charge in [0.15, 0.2) is 5.69 Å². The van der Waals surface area contributed by atoms with Crippen molar-refractivity contribution in [3.8, 4) is 0 Å². The Morgan fingerprint density at radius 1 is 1.40 bits per heavy atom. The topological polar surface area (TPSA) is 65.0 Å². The predicted molar refractivity (Wildman–Crippen MR) is 53.3 cm³/mol. The summed E-state index contributed by atoms with van der Waals surface area (Å²) in [5.74, 6) is -0.989. The zero-order valence-electron chi connectivity index (χ0n) is 8.16. The van der Waals surface area contributed by atoms with Crippen molar-refractivity contribution < 1.29 is 14.6 Å². The van der Waals surface area contributed by atoms with Crippen LogP contribution >= 0.6 is 0 Å². The summed E-state index contributed by atoms with van der Waals surface area (Å²) in [5.41, 5.74) is 0.893. The molecule has 0 fully saturated rings. The highest BCUT2D eigenvalue weighted by molar-refractivity contribution is 6.35. The number of rotatable bonds is 2. The van der Waals surface area contributed by atoms with Crippen molar-refractivity contribution in [1.82, 2.24) is 0 Å². The second-order valence-electron chi connectivity index (χ2n) is 3.22. The van der Waals surface area contributed by atoms with E-state index in [9.17, 15) is 4.79 Å². The molecule has 5 nitrogen and oxygen atoms in total. The molecule has 1 heterocycles. The second-order valence-corrected chi connectivity index (χ2v) is 3.22. The Morgan fingerprint density at radius 3 is 2.67 bits per heavy atom. The maximum Gasteiger partial charge on any atom is 0.379 e. The van der Waals surface area contributed by atoms with E-state index in [-0.39, 0.29) is 5.71 Å². The van der Waals surface area contributed by atoms with Crippen LogP contribution < -0.4 is 0 Å².